The third-order valence-electron chi connectivity index (χ3n) is 13.4. The fraction of sp³-hybridized carbons (Fsp3) is 0. The zero-order valence-electron chi connectivity index (χ0n) is 33.4. The molecular formula is C60H34O2. The van der Waals surface area contributed by atoms with Gasteiger partial charge >= 0.3 is 0 Å². The molecule has 0 unspecified atom stereocenters. The van der Waals surface area contributed by atoms with Crippen molar-refractivity contribution in [2.45, 2.75) is 0 Å². The van der Waals surface area contributed by atoms with Crippen molar-refractivity contribution in [3.63, 3.8) is 0 Å². The molecular weight excluding hydrogens is 753 g/mol. The third-order valence-corrected chi connectivity index (χ3v) is 13.4. The highest BCUT2D eigenvalue weighted by Gasteiger charge is 2.27. The summed E-state index contributed by atoms with van der Waals surface area (Å²) in [5.41, 5.74) is 18.0. The Morgan fingerprint density at radius 2 is 0.597 bits per heavy atom. The molecule has 286 valence electrons. The summed E-state index contributed by atoms with van der Waals surface area (Å²) in [5.74, 6) is 0. The van der Waals surface area contributed by atoms with Crippen molar-refractivity contribution in [3.05, 3.63) is 206 Å². The van der Waals surface area contributed by atoms with Crippen LogP contribution in [0.4, 0.5) is 0 Å². The van der Waals surface area contributed by atoms with Crippen LogP contribution in [-0.2, 0) is 0 Å². The van der Waals surface area contributed by atoms with Crippen LogP contribution < -0.4 is 0 Å². The van der Waals surface area contributed by atoms with Crippen molar-refractivity contribution >= 4 is 76.2 Å². The average Bonchev–Trinajstić information content (AvgIpc) is 3.91. The molecule has 0 amide bonds. The van der Waals surface area contributed by atoms with Gasteiger partial charge in [-0.2, -0.15) is 0 Å². The molecule has 0 aliphatic heterocycles. The van der Waals surface area contributed by atoms with Gasteiger partial charge in [-0.25, -0.2) is 0 Å². The van der Waals surface area contributed by atoms with Gasteiger partial charge in [0.05, 0.1) is 0 Å². The first kappa shape index (κ1) is 33.6. The Labute approximate surface area is 356 Å². The SMILES string of the molecule is c1ccc2c(c1)-c1ccc(-c3ccc4oc5ccccc5c4c3)cc1-c1cc3c4ccccc4c4ccccc4c3cc1-c1c(-c3ccc4oc5ccccc5c4c3)cccc1-2. The minimum Gasteiger partial charge on any atom is -0.456 e. The lowest BCUT2D eigenvalue weighted by atomic mass is 9.76. The van der Waals surface area contributed by atoms with E-state index in [0.717, 1.165) is 60.6 Å². The first-order chi connectivity index (χ1) is 30.7. The molecule has 62 heavy (non-hydrogen) atoms. The van der Waals surface area contributed by atoms with E-state index in [9.17, 15) is 0 Å². The minimum absolute atomic E-state index is 0.895. The number of hydrogen-bond acceptors (Lipinski definition) is 2. The van der Waals surface area contributed by atoms with Crippen LogP contribution in [0.5, 0.6) is 0 Å². The molecule has 0 saturated carbocycles. The summed E-state index contributed by atoms with van der Waals surface area (Å²) in [7, 11) is 0. The Kier molecular flexibility index (Phi) is 6.86. The number of fused-ring (bicyclic) bond motifs is 20. The molecule has 0 N–H and O–H groups in total. The zero-order valence-corrected chi connectivity index (χ0v) is 33.4. The minimum atomic E-state index is 0.895. The van der Waals surface area contributed by atoms with Gasteiger partial charge in [0, 0.05) is 21.5 Å². The quantitative estimate of drug-likeness (QED) is 0.163. The lowest BCUT2D eigenvalue weighted by molar-refractivity contribution is 0.668. The molecule has 1 aliphatic carbocycles. The second kappa shape index (κ2) is 12.7. The molecule has 0 spiro atoms. The molecule has 2 heteroatoms. The smallest absolute Gasteiger partial charge is 0.135 e. The Hall–Kier alpha value is -8.20. The number of para-hydroxylation sites is 2. The molecule has 13 aromatic rings. The molecule has 14 rings (SSSR count). The van der Waals surface area contributed by atoms with Crippen LogP contribution in [0, 0.1) is 0 Å². The second-order valence-corrected chi connectivity index (χ2v) is 16.7. The summed E-state index contributed by atoms with van der Waals surface area (Å²) in [6, 6.07) is 75.7. The van der Waals surface area contributed by atoms with Crippen LogP contribution in [0.3, 0.4) is 0 Å². The maximum Gasteiger partial charge on any atom is 0.135 e. The molecule has 0 bridgehead atoms. The van der Waals surface area contributed by atoms with Gasteiger partial charge in [0.1, 0.15) is 22.3 Å². The van der Waals surface area contributed by atoms with Crippen molar-refractivity contribution in [1.82, 2.24) is 0 Å². The van der Waals surface area contributed by atoms with Crippen molar-refractivity contribution in [3.8, 4) is 66.8 Å². The van der Waals surface area contributed by atoms with E-state index in [4.69, 9.17) is 8.83 Å². The van der Waals surface area contributed by atoms with Crippen LogP contribution in [0.25, 0.3) is 143 Å². The number of hydrogen-bond donors (Lipinski definition) is 0. The molecule has 2 aromatic heterocycles. The highest BCUT2D eigenvalue weighted by atomic mass is 16.3. The molecule has 0 radical (unpaired) electrons. The van der Waals surface area contributed by atoms with Gasteiger partial charge in [-0.15, -0.1) is 0 Å². The molecule has 0 atom stereocenters. The fourth-order valence-electron chi connectivity index (χ4n) is 10.6. The molecule has 11 aromatic carbocycles. The van der Waals surface area contributed by atoms with Crippen LogP contribution in [-0.4, -0.2) is 0 Å². The maximum atomic E-state index is 6.34. The van der Waals surface area contributed by atoms with E-state index in [0.29, 0.717) is 0 Å². The lowest BCUT2D eigenvalue weighted by Gasteiger charge is -2.26. The average molecular weight is 787 g/mol. The van der Waals surface area contributed by atoms with Gasteiger partial charge in [-0.1, -0.05) is 152 Å². The monoisotopic (exact) mass is 786 g/mol. The highest BCUT2D eigenvalue weighted by Crippen LogP contribution is 2.53. The van der Waals surface area contributed by atoms with E-state index >= 15 is 0 Å². The van der Waals surface area contributed by atoms with Crippen molar-refractivity contribution in [1.29, 1.82) is 0 Å². The van der Waals surface area contributed by atoms with Crippen molar-refractivity contribution < 1.29 is 8.83 Å². The van der Waals surface area contributed by atoms with E-state index in [-0.39, 0.29) is 0 Å². The van der Waals surface area contributed by atoms with Crippen LogP contribution in [0.1, 0.15) is 0 Å². The Bertz CT molecular complexity index is 4050. The summed E-state index contributed by atoms with van der Waals surface area (Å²) in [6.45, 7) is 0. The summed E-state index contributed by atoms with van der Waals surface area (Å²) in [6.07, 6.45) is 0. The van der Waals surface area contributed by atoms with Crippen molar-refractivity contribution in [2.24, 2.45) is 0 Å². The predicted octanol–water partition coefficient (Wildman–Crippen LogP) is 17.3. The molecule has 0 saturated heterocycles. The first-order valence-corrected chi connectivity index (χ1v) is 21.3. The zero-order chi connectivity index (χ0) is 40.5. The van der Waals surface area contributed by atoms with Gasteiger partial charge in [-0.05, 0) is 154 Å². The summed E-state index contributed by atoms with van der Waals surface area (Å²) in [5, 5.41) is 12.0. The van der Waals surface area contributed by atoms with E-state index < -0.39 is 0 Å². The lowest BCUT2D eigenvalue weighted by Crippen LogP contribution is -2.00. The van der Waals surface area contributed by atoms with E-state index in [1.54, 1.807) is 0 Å². The van der Waals surface area contributed by atoms with Gasteiger partial charge < -0.3 is 8.83 Å². The van der Waals surface area contributed by atoms with Gasteiger partial charge in [0.15, 0.2) is 0 Å². The molecule has 0 fully saturated rings. The number of furan rings is 2. The van der Waals surface area contributed by atoms with Crippen LogP contribution in [0.15, 0.2) is 215 Å². The van der Waals surface area contributed by atoms with E-state index in [2.05, 4.69) is 188 Å². The molecule has 1 aliphatic rings. The summed E-state index contributed by atoms with van der Waals surface area (Å²) in [4.78, 5) is 0. The molecule has 2 nitrogen and oxygen atoms in total. The topological polar surface area (TPSA) is 26.3 Å². The van der Waals surface area contributed by atoms with Crippen LogP contribution >= 0.6 is 0 Å². The highest BCUT2D eigenvalue weighted by molar-refractivity contribution is 6.27. The van der Waals surface area contributed by atoms with Crippen LogP contribution in [0.2, 0.25) is 0 Å². The largest absolute Gasteiger partial charge is 0.456 e. The number of benzene rings is 11. The maximum absolute atomic E-state index is 6.34. The predicted molar refractivity (Wildman–Crippen MR) is 260 cm³/mol. The van der Waals surface area contributed by atoms with Gasteiger partial charge in [0.2, 0.25) is 0 Å². The fourth-order valence-corrected chi connectivity index (χ4v) is 10.6. The normalized spacial score (nSPS) is 12.2. The Morgan fingerprint density at radius 3 is 1.24 bits per heavy atom. The molecule has 2 heterocycles. The Morgan fingerprint density at radius 1 is 0.194 bits per heavy atom. The second-order valence-electron chi connectivity index (χ2n) is 16.7. The number of rotatable bonds is 2. The first-order valence-electron chi connectivity index (χ1n) is 21.3. The van der Waals surface area contributed by atoms with E-state index in [1.807, 2.05) is 18.2 Å². The summed E-state index contributed by atoms with van der Waals surface area (Å²) < 4.78 is 12.6. The van der Waals surface area contributed by atoms with Crippen molar-refractivity contribution in [2.75, 3.05) is 0 Å². The van der Waals surface area contributed by atoms with Gasteiger partial charge in [0.25, 0.3) is 0 Å². The standard InChI is InChI=1S/C60H34O2/c1-4-15-42-41(14-1)45-27-24-35(36-25-28-58-53(31-36)46-18-7-9-22-56(46)61-58)30-49(45)52-33-50-43-16-5-2-12-39(43)40-13-3-6-17-44(40)51(50)34-55(52)60-38(20-11-21-48(42)60)37-26-29-59-54(32-37)47-19-8-10-23-57(47)62-59/h1-34H. The summed E-state index contributed by atoms with van der Waals surface area (Å²) >= 11 is 0. The third kappa shape index (κ3) is 4.75. The Balaban J connectivity index is 1.12. The van der Waals surface area contributed by atoms with Gasteiger partial charge in [-0.3, -0.25) is 0 Å². The van der Waals surface area contributed by atoms with E-state index in [1.165, 1.54) is 82.4 Å².